The Labute approximate surface area is 191 Å². The number of benzene rings is 3. The number of amides is 1. The van der Waals surface area contributed by atoms with Crippen molar-refractivity contribution < 1.29 is 13.2 Å². The number of hydrogen-bond donors (Lipinski definition) is 2. The van der Waals surface area contributed by atoms with Gasteiger partial charge in [0, 0.05) is 17.5 Å². The molecule has 1 heterocycles. The van der Waals surface area contributed by atoms with Crippen LogP contribution >= 0.6 is 11.3 Å². The number of anilines is 2. The van der Waals surface area contributed by atoms with E-state index in [-0.39, 0.29) is 17.3 Å². The Kier molecular flexibility index (Phi) is 5.99. The van der Waals surface area contributed by atoms with E-state index in [4.69, 9.17) is 0 Å². The first-order valence-electron chi connectivity index (χ1n) is 10.0. The summed E-state index contributed by atoms with van der Waals surface area (Å²) in [6.45, 7) is 3.83. The van der Waals surface area contributed by atoms with Crippen LogP contribution in [-0.4, -0.2) is 32.1 Å². The van der Waals surface area contributed by atoms with E-state index in [1.807, 2.05) is 43.3 Å². The molecule has 32 heavy (non-hydrogen) atoms. The van der Waals surface area contributed by atoms with Gasteiger partial charge in [-0.15, -0.1) is 11.3 Å². The van der Waals surface area contributed by atoms with Gasteiger partial charge in [-0.1, -0.05) is 12.1 Å². The molecule has 0 saturated carbocycles. The zero-order chi connectivity index (χ0) is 22.9. The number of fused-ring (bicyclic) bond motifs is 1. The number of aromatic nitrogens is 1. The number of rotatable bonds is 6. The number of thiazole rings is 1. The summed E-state index contributed by atoms with van der Waals surface area (Å²) >= 11 is 1.64. The van der Waals surface area contributed by atoms with Gasteiger partial charge < -0.3 is 10.6 Å². The van der Waals surface area contributed by atoms with E-state index in [2.05, 4.69) is 28.6 Å². The molecule has 164 valence electrons. The molecule has 0 aliphatic rings. The van der Waals surface area contributed by atoms with Crippen LogP contribution in [0.25, 0.3) is 20.8 Å². The van der Waals surface area contributed by atoms with Gasteiger partial charge in [-0.3, -0.25) is 4.79 Å². The summed E-state index contributed by atoms with van der Waals surface area (Å²) in [4.78, 5) is 17.2. The molecule has 0 aliphatic heterocycles. The summed E-state index contributed by atoms with van der Waals surface area (Å²) in [5.74, 6) is -0.270. The minimum absolute atomic E-state index is 0.0510. The molecule has 0 aliphatic carbocycles. The van der Waals surface area contributed by atoms with Gasteiger partial charge in [0.1, 0.15) is 5.01 Å². The van der Waals surface area contributed by atoms with Crippen LogP contribution in [0.4, 0.5) is 11.4 Å². The van der Waals surface area contributed by atoms with E-state index in [1.54, 1.807) is 29.5 Å². The van der Waals surface area contributed by atoms with Crippen LogP contribution in [0, 0.1) is 13.8 Å². The second-order valence-corrected chi connectivity index (χ2v) is 10.8. The van der Waals surface area contributed by atoms with Crippen molar-refractivity contribution >= 4 is 48.7 Å². The first-order chi connectivity index (χ1) is 15.2. The van der Waals surface area contributed by atoms with E-state index in [1.165, 1.54) is 5.56 Å². The molecule has 0 unspecified atom stereocenters. The van der Waals surface area contributed by atoms with Crippen LogP contribution in [0.15, 0.2) is 65.6 Å². The van der Waals surface area contributed by atoms with Crippen molar-refractivity contribution in [1.29, 1.82) is 0 Å². The third-order valence-electron chi connectivity index (χ3n) is 4.94. The first-order valence-corrected chi connectivity index (χ1v) is 12.7. The average molecular weight is 466 g/mol. The van der Waals surface area contributed by atoms with Crippen molar-refractivity contribution in [2.75, 3.05) is 23.4 Å². The van der Waals surface area contributed by atoms with E-state index in [9.17, 15) is 13.2 Å². The monoisotopic (exact) mass is 465 g/mol. The van der Waals surface area contributed by atoms with Crippen molar-refractivity contribution in [3.8, 4) is 10.6 Å². The van der Waals surface area contributed by atoms with Gasteiger partial charge in [0.15, 0.2) is 9.84 Å². The molecule has 0 fully saturated rings. The summed E-state index contributed by atoms with van der Waals surface area (Å²) in [5.41, 5.74) is 5.07. The van der Waals surface area contributed by atoms with Gasteiger partial charge >= 0.3 is 0 Å². The van der Waals surface area contributed by atoms with E-state index < -0.39 is 9.84 Å². The molecule has 0 bridgehead atoms. The van der Waals surface area contributed by atoms with E-state index in [0.717, 1.165) is 32.6 Å². The molecule has 1 amide bonds. The van der Waals surface area contributed by atoms with Crippen LogP contribution in [0.5, 0.6) is 0 Å². The Hall–Kier alpha value is -3.23. The molecule has 0 radical (unpaired) electrons. The molecule has 2 N–H and O–H groups in total. The van der Waals surface area contributed by atoms with E-state index in [0.29, 0.717) is 11.4 Å². The zero-order valence-corrected chi connectivity index (χ0v) is 19.6. The summed E-state index contributed by atoms with van der Waals surface area (Å²) in [7, 11) is -3.41. The predicted octanol–water partition coefficient (Wildman–Crippen LogP) is 5.03. The molecule has 4 rings (SSSR count). The van der Waals surface area contributed by atoms with Crippen molar-refractivity contribution in [3.05, 3.63) is 71.8 Å². The molecule has 3 aromatic carbocycles. The Balaban J connectivity index is 1.42. The van der Waals surface area contributed by atoms with Crippen molar-refractivity contribution in [1.82, 2.24) is 4.98 Å². The number of nitrogens with zero attached hydrogens (tertiary/aromatic N) is 1. The summed E-state index contributed by atoms with van der Waals surface area (Å²) in [6, 6.07) is 18.8. The highest BCUT2D eigenvalue weighted by atomic mass is 32.2. The van der Waals surface area contributed by atoms with Crippen molar-refractivity contribution in [3.63, 3.8) is 0 Å². The highest BCUT2D eigenvalue weighted by Crippen LogP contribution is 2.31. The van der Waals surface area contributed by atoms with Gasteiger partial charge in [0.25, 0.3) is 0 Å². The van der Waals surface area contributed by atoms with Gasteiger partial charge in [-0.05, 0) is 73.5 Å². The fourth-order valence-corrected chi connectivity index (χ4v) is 5.32. The Morgan fingerprint density at radius 1 is 0.969 bits per heavy atom. The lowest BCUT2D eigenvalue weighted by Gasteiger charge is -2.12. The normalized spacial score (nSPS) is 11.5. The molecule has 6 nitrogen and oxygen atoms in total. The summed E-state index contributed by atoms with van der Waals surface area (Å²) in [5, 5.41) is 6.68. The minimum Gasteiger partial charge on any atom is -0.375 e. The molecular formula is C24H23N3O3S2. The number of sulfone groups is 1. The van der Waals surface area contributed by atoms with Crippen LogP contribution in [-0.2, 0) is 14.6 Å². The lowest BCUT2D eigenvalue weighted by atomic mass is 10.2. The van der Waals surface area contributed by atoms with Crippen LogP contribution in [0.3, 0.4) is 0 Å². The lowest BCUT2D eigenvalue weighted by molar-refractivity contribution is -0.114. The molecule has 4 aromatic rings. The topological polar surface area (TPSA) is 88.2 Å². The second-order valence-electron chi connectivity index (χ2n) is 7.74. The minimum atomic E-state index is -3.41. The van der Waals surface area contributed by atoms with Gasteiger partial charge in [0.05, 0.1) is 27.3 Å². The highest BCUT2D eigenvalue weighted by molar-refractivity contribution is 7.90. The molecule has 0 saturated heterocycles. The van der Waals surface area contributed by atoms with Gasteiger partial charge in [-0.2, -0.15) is 0 Å². The number of carbonyl (C=O) groups is 1. The van der Waals surface area contributed by atoms with Gasteiger partial charge in [0.2, 0.25) is 5.91 Å². The van der Waals surface area contributed by atoms with Crippen LogP contribution < -0.4 is 10.6 Å². The average Bonchev–Trinajstić information content (AvgIpc) is 3.16. The maximum absolute atomic E-state index is 12.4. The molecule has 1 aromatic heterocycles. The third kappa shape index (κ3) is 4.98. The number of aryl methyl sites for hydroxylation is 2. The Morgan fingerprint density at radius 3 is 2.38 bits per heavy atom. The first kappa shape index (κ1) is 22.0. The zero-order valence-electron chi connectivity index (χ0n) is 18.0. The SMILES string of the molecule is Cc1ccc(NCC(=O)Nc2ccc(-c3nc4ccc(C)cc4s3)cc2)c(S(C)(=O)=O)c1. The number of carbonyl (C=O) groups excluding carboxylic acids is 1. The Bertz CT molecular complexity index is 1410. The summed E-state index contributed by atoms with van der Waals surface area (Å²) < 4.78 is 25.2. The Morgan fingerprint density at radius 2 is 1.66 bits per heavy atom. The predicted molar refractivity (Wildman–Crippen MR) is 131 cm³/mol. The van der Waals surface area contributed by atoms with Gasteiger partial charge in [-0.25, -0.2) is 13.4 Å². The smallest absolute Gasteiger partial charge is 0.243 e. The van der Waals surface area contributed by atoms with Crippen LogP contribution in [0.1, 0.15) is 11.1 Å². The quantitative estimate of drug-likeness (QED) is 0.417. The molecule has 0 atom stereocenters. The largest absolute Gasteiger partial charge is 0.375 e. The maximum Gasteiger partial charge on any atom is 0.243 e. The van der Waals surface area contributed by atoms with Crippen molar-refractivity contribution in [2.45, 2.75) is 18.7 Å². The fraction of sp³-hybridized carbons (Fsp3) is 0.167. The van der Waals surface area contributed by atoms with E-state index >= 15 is 0 Å². The van der Waals surface area contributed by atoms with Crippen LogP contribution in [0.2, 0.25) is 0 Å². The third-order valence-corrected chi connectivity index (χ3v) is 7.14. The highest BCUT2D eigenvalue weighted by Gasteiger charge is 2.14. The standard InChI is InChI=1S/C24H23N3O3S2/c1-15-4-10-19-21(12-15)31-24(27-19)17-6-8-18(9-7-17)26-23(28)14-25-20-11-5-16(2)13-22(20)32(3,29)30/h4-13,25H,14H2,1-3H3,(H,26,28). The number of hydrogen-bond acceptors (Lipinski definition) is 6. The number of nitrogens with one attached hydrogen (secondary N) is 2. The second kappa shape index (κ2) is 8.72. The molecule has 0 spiro atoms. The lowest BCUT2D eigenvalue weighted by Crippen LogP contribution is -2.22. The summed E-state index contributed by atoms with van der Waals surface area (Å²) in [6.07, 6.45) is 1.15. The molecule has 8 heteroatoms. The van der Waals surface area contributed by atoms with Crippen molar-refractivity contribution in [2.24, 2.45) is 0 Å². The maximum atomic E-state index is 12.4. The fourth-order valence-electron chi connectivity index (χ4n) is 3.31. The molecular weight excluding hydrogens is 442 g/mol.